The Morgan fingerprint density at radius 3 is 2.92 bits per heavy atom. The SMILES string of the molecule is COC(C)CCc1nc(Br)no1. The molecule has 1 unspecified atom stereocenters. The van der Waals surface area contributed by atoms with Gasteiger partial charge in [-0.1, -0.05) is 0 Å². The first-order valence-corrected chi connectivity index (χ1v) is 4.52. The molecule has 1 heterocycles. The number of ether oxygens (including phenoxy) is 1. The van der Waals surface area contributed by atoms with Gasteiger partial charge in [0.25, 0.3) is 0 Å². The molecule has 5 heteroatoms. The van der Waals surface area contributed by atoms with Crippen molar-refractivity contribution in [1.29, 1.82) is 0 Å². The summed E-state index contributed by atoms with van der Waals surface area (Å²) in [6, 6.07) is 0. The maximum Gasteiger partial charge on any atom is 0.238 e. The van der Waals surface area contributed by atoms with Crippen molar-refractivity contribution in [3.8, 4) is 0 Å². The van der Waals surface area contributed by atoms with Crippen LogP contribution in [0.3, 0.4) is 0 Å². The van der Waals surface area contributed by atoms with Gasteiger partial charge in [-0.2, -0.15) is 4.98 Å². The van der Waals surface area contributed by atoms with Gasteiger partial charge in [0.15, 0.2) is 0 Å². The van der Waals surface area contributed by atoms with Crippen molar-refractivity contribution in [2.45, 2.75) is 25.9 Å². The van der Waals surface area contributed by atoms with Crippen LogP contribution in [0.2, 0.25) is 0 Å². The fourth-order valence-electron chi connectivity index (χ4n) is 0.780. The molecule has 4 nitrogen and oxygen atoms in total. The molecule has 0 aliphatic carbocycles. The minimum absolute atomic E-state index is 0.232. The van der Waals surface area contributed by atoms with Gasteiger partial charge in [0.1, 0.15) is 0 Å². The Morgan fingerprint density at radius 2 is 2.42 bits per heavy atom. The smallest absolute Gasteiger partial charge is 0.238 e. The molecule has 1 aromatic rings. The predicted molar refractivity (Wildman–Crippen MR) is 46.8 cm³/mol. The van der Waals surface area contributed by atoms with Crippen molar-refractivity contribution in [2.75, 3.05) is 7.11 Å². The van der Waals surface area contributed by atoms with Gasteiger partial charge in [-0.15, -0.1) is 0 Å². The molecule has 0 bridgehead atoms. The van der Waals surface area contributed by atoms with E-state index in [0.717, 1.165) is 12.8 Å². The van der Waals surface area contributed by atoms with Crippen molar-refractivity contribution in [3.63, 3.8) is 0 Å². The molecule has 1 aromatic heterocycles. The summed E-state index contributed by atoms with van der Waals surface area (Å²) in [6.07, 6.45) is 1.88. The van der Waals surface area contributed by atoms with Crippen LogP contribution in [0.15, 0.2) is 9.26 Å². The monoisotopic (exact) mass is 234 g/mol. The number of aryl methyl sites for hydroxylation is 1. The Hall–Kier alpha value is -0.420. The van der Waals surface area contributed by atoms with Gasteiger partial charge in [0.2, 0.25) is 10.6 Å². The molecule has 68 valence electrons. The van der Waals surface area contributed by atoms with Crippen molar-refractivity contribution in [3.05, 3.63) is 10.6 Å². The van der Waals surface area contributed by atoms with Crippen LogP contribution in [-0.4, -0.2) is 23.4 Å². The Labute approximate surface area is 79.4 Å². The van der Waals surface area contributed by atoms with Gasteiger partial charge in [-0.05, 0) is 34.4 Å². The zero-order valence-corrected chi connectivity index (χ0v) is 8.67. The molecule has 0 aliphatic heterocycles. The average molecular weight is 235 g/mol. The standard InChI is InChI=1S/C7H11BrN2O2/c1-5(11-2)3-4-6-9-7(8)10-12-6/h5H,3-4H2,1-2H3. The molecule has 0 fully saturated rings. The lowest BCUT2D eigenvalue weighted by Gasteiger charge is -2.05. The molecule has 12 heavy (non-hydrogen) atoms. The highest BCUT2D eigenvalue weighted by molar-refractivity contribution is 9.10. The summed E-state index contributed by atoms with van der Waals surface area (Å²) in [6.45, 7) is 2.01. The molecular formula is C7H11BrN2O2. The van der Waals surface area contributed by atoms with Gasteiger partial charge in [-0.25, -0.2) is 0 Å². The number of halogens is 1. The molecule has 0 spiro atoms. The Balaban J connectivity index is 2.33. The summed E-state index contributed by atoms with van der Waals surface area (Å²) >= 11 is 3.11. The van der Waals surface area contributed by atoms with E-state index in [1.165, 1.54) is 0 Å². The van der Waals surface area contributed by atoms with Crippen LogP contribution < -0.4 is 0 Å². The molecule has 0 amide bonds. The van der Waals surface area contributed by atoms with Crippen LogP contribution in [0.4, 0.5) is 0 Å². The Morgan fingerprint density at radius 1 is 1.67 bits per heavy atom. The van der Waals surface area contributed by atoms with Crippen LogP contribution in [0.5, 0.6) is 0 Å². The normalized spacial score (nSPS) is 13.2. The fourth-order valence-corrected chi connectivity index (χ4v) is 1.05. The molecule has 0 radical (unpaired) electrons. The zero-order chi connectivity index (χ0) is 8.97. The topological polar surface area (TPSA) is 48.2 Å². The van der Waals surface area contributed by atoms with Gasteiger partial charge < -0.3 is 9.26 Å². The zero-order valence-electron chi connectivity index (χ0n) is 7.08. The molecule has 1 rings (SSSR count). The lowest BCUT2D eigenvalue weighted by Crippen LogP contribution is -2.05. The van der Waals surface area contributed by atoms with E-state index in [1.807, 2.05) is 6.92 Å². The second-order valence-corrected chi connectivity index (χ2v) is 3.25. The summed E-state index contributed by atoms with van der Waals surface area (Å²) in [5.41, 5.74) is 0. The summed E-state index contributed by atoms with van der Waals surface area (Å²) in [5, 5.41) is 3.61. The van der Waals surface area contributed by atoms with Crippen LogP contribution in [0.25, 0.3) is 0 Å². The first-order chi connectivity index (χ1) is 5.72. The number of hydrogen-bond donors (Lipinski definition) is 0. The Kier molecular flexibility index (Phi) is 3.68. The second-order valence-electron chi connectivity index (χ2n) is 2.54. The summed E-state index contributed by atoms with van der Waals surface area (Å²) in [7, 11) is 1.69. The van der Waals surface area contributed by atoms with Gasteiger partial charge in [0.05, 0.1) is 6.10 Å². The second kappa shape index (κ2) is 4.57. The molecule has 0 aromatic carbocycles. The van der Waals surface area contributed by atoms with E-state index in [4.69, 9.17) is 9.26 Å². The maximum absolute atomic E-state index is 5.08. The molecule has 0 N–H and O–H groups in total. The number of rotatable bonds is 4. The van der Waals surface area contributed by atoms with Gasteiger partial charge in [0, 0.05) is 13.5 Å². The molecule has 1 atom stereocenters. The minimum Gasteiger partial charge on any atom is -0.382 e. The molecular weight excluding hydrogens is 224 g/mol. The summed E-state index contributed by atoms with van der Waals surface area (Å²) < 4.78 is 10.5. The van der Waals surface area contributed by atoms with Crippen LogP contribution >= 0.6 is 15.9 Å². The van der Waals surface area contributed by atoms with Crippen LogP contribution in [-0.2, 0) is 11.2 Å². The lowest BCUT2D eigenvalue weighted by atomic mass is 10.2. The van der Waals surface area contributed by atoms with E-state index in [2.05, 4.69) is 26.1 Å². The Bertz CT molecular complexity index is 239. The third-order valence-electron chi connectivity index (χ3n) is 1.61. The summed E-state index contributed by atoms with van der Waals surface area (Å²) in [5.74, 6) is 0.644. The minimum atomic E-state index is 0.232. The first kappa shape index (κ1) is 9.67. The maximum atomic E-state index is 5.08. The number of nitrogens with zero attached hydrogens (tertiary/aromatic N) is 2. The van der Waals surface area contributed by atoms with E-state index in [9.17, 15) is 0 Å². The quantitative estimate of drug-likeness (QED) is 0.798. The van der Waals surface area contributed by atoms with Crippen molar-refractivity contribution < 1.29 is 9.26 Å². The number of hydrogen-bond acceptors (Lipinski definition) is 4. The lowest BCUT2D eigenvalue weighted by molar-refractivity contribution is 0.109. The molecule has 0 saturated heterocycles. The molecule has 0 aliphatic rings. The van der Waals surface area contributed by atoms with E-state index < -0.39 is 0 Å². The van der Waals surface area contributed by atoms with Crippen LogP contribution in [0, 0.1) is 0 Å². The highest BCUT2D eigenvalue weighted by Gasteiger charge is 2.06. The van der Waals surface area contributed by atoms with E-state index >= 15 is 0 Å². The van der Waals surface area contributed by atoms with Crippen LogP contribution in [0.1, 0.15) is 19.2 Å². The van der Waals surface area contributed by atoms with Gasteiger partial charge in [-0.3, -0.25) is 0 Å². The predicted octanol–water partition coefficient (Wildman–Crippen LogP) is 1.80. The van der Waals surface area contributed by atoms with E-state index in [1.54, 1.807) is 7.11 Å². The van der Waals surface area contributed by atoms with Crippen molar-refractivity contribution in [1.82, 2.24) is 10.1 Å². The number of methoxy groups -OCH3 is 1. The van der Waals surface area contributed by atoms with E-state index in [-0.39, 0.29) is 6.10 Å². The third kappa shape index (κ3) is 2.91. The average Bonchev–Trinajstić information content (AvgIpc) is 2.47. The largest absolute Gasteiger partial charge is 0.382 e. The molecule has 0 saturated carbocycles. The third-order valence-corrected chi connectivity index (χ3v) is 1.93. The summed E-state index contributed by atoms with van der Waals surface area (Å²) in [4.78, 5) is 4.00. The van der Waals surface area contributed by atoms with E-state index in [0.29, 0.717) is 10.6 Å². The number of aromatic nitrogens is 2. The highest BCUT2D eigenvalue weighted by Crippen LogP contribution is 2.07. The fraction of sp³-hybridized carbons (Fsp3) is 0.714. The van der Waals surface area contributed by atoms with Crippen molar-refractivity contribution in [2.24, 2.45) is 0 Å². The van der Waals surface area contributed by atoms with Gasteiger partial charge >= 0.3 is 0 Å². The highest BCUT2D eigenvalue weighted by atomic mass is 79.9. The van der Waals surface area contributed by atoms with Crippen molar-refractivity contribution >= 4 is 15.9 Å². The first-order valence-electron chi connectivity index (χ1n) is 3.73.